The minimum Gasteiger partial charge on any atom is -0.462 e. The van der Waals surface area contributed by atoms with E-state index in [-0.39, 0.29) is 25.5 Å². The average molecular weight is 393 g/mol. The molecule has 0 aliphatic heterocycles. The summed E-state index contributed by atoms with van der Waals surface area (Å²) in [5.41, 5.74) is 2.28. The van der Waals surface area contributed by atoms with Gasteiger partial charge in [-0.05, 0) is 43.7 Å². The van der Waals surface area contributed by atoms with E-state index in [0.29, 0.717) is 16.8 Å². The molecule has 3 rings (SSSR count). The Morgan fingerprint density at radius 1 is 0.931 bits per heavy atom. The minimum atomic E-state index is -0.545. The van der Waals surface area contributed by atoms with Crippen LogP contribution in [0.2, 0.25) is 0 Å². The number of carbonyl (C=O) groups excluding carboxylic acids is 3. The Hall–Kier alpha value is -3.41. The van der Waals surface area contributed by atoms with Crippen molar-refractivity contribution < 1.29 is 23.9 Å². The summed E-state index contributed by atoms with van der Waals surface area (Å²) >= 11 is 0. The van der Waals surface area contributed by atoms with Crippen molar-refractivity contribution in [1.29, 1.82) is 0 Å². The number of esters is 2. The Balaban J connectivity index is 1.63. The first-order valence-corrected chi connectivity index (χ1v) is 9.42. The van der Waals surface area contributed by atoms with Crippen LogP contribution >= 0.6 is 0 Å². The van der Waals surface area contributed by atoms with Crippen LogP contribution in [-0.4, -0.2) is 35.5 Å². The van der Waals surface area contributed by atoms with Gasteiger partial charge in [-0.2, -0.15) is 0 Å². The Labute approximate surface area is 169 Å². The molecule has 1 aromatic heterocycles. The van der Waals surface area contributed by atoms with Gasteiger partial charge >= 0.3 is 11.9 Å². The van der Waals surface area contributed by atoms with Crippen molar-refractivity contribution in [1.82, 2.24) is 4.57 Å². The molecule has 3 aromatic rings. The highest BCUT2D eigenvalue weighted by atomic mass is 16.5. The van der Waals surface area contributed by atoms with Gasteiger partial charge in [0.05, 0.1) is 12.2 Å². The predicted molar refractivity (Wildman–Crippen MR) is 109 cm³/mol. The molecule has 0 saturated carbocycles. The van der Waals surface area contributed by atoms with E-state index in [2.05, 4.69) is 0 Å². The number of nitrogens with zero attached hydrogens (tertiary/aromatic N) is 1. The van der Waals surface area contributed by atoms with Crippen molar-refractivity contribution in [2.24, 2.45) is 0 Å². The van der Waals surface area contributed by atoms with Gasteiger partial charge in [-0.25, -0.2) is 4.79 Å². The lowest BCUT2D eigenvalue weighted by Gasteiger charge is -2.10. The molecule has 6 nitrogen and oxygen atoms in total. The molecule has 0 unspecified atom stereocenters. The first kappa shape index (κ1) is 20.3. The number of benzene rings is 2. The first-order chi connectivity index (χ1) is 13.9. The minimum absolute atomic E-state index is 0.0813. The van der Waals surface area contributed by atoms with E-state index < -0.39 is 11.9 Å². The lowest BCUT2D eigenvalue weighted by Crippen LogP contribution is -2.20. The summed E-state index contributed by atoms with van der Waals surface area (Å²) in [4.78, 5) is 36.6. The fourth-order valence-corrected chi connectivity index (χ4v) is 3.23. The highest BCUT2D eigenvalue weighted by molar-refractivity contribution is 6.01. The van der Waals surface area contributed by atoms with Crippen LogP contribution in [0.1, 0.15) is 39.0 Å². The number of fused-ring (bicyclic) bond motifs is 1. The van der Waals surface area contributed by atoms with Crippen molar-refractivity contribution in [2.45, 2.75) is 27.3 Å². The Bertz CT molecular complexity index is 1080. The molecule has 2 aromatic carbocycles. The van der Waals surface area contributed by atoms with E-state index in [9.17, 15) is 14.4 Å². The number of ether oxygens (including phenoxy) is 2. The Morgan fingerprint density at radius 2 is 1.66 bits per heavy atom. The third-order valence-electron chi connectivity index (χ3n) is 4.79. The van der Waals surface area contributed by atoms with E-state index in [0.717, 1.165) is 16.5 Å². The maximum atomic E-state index is 12.4. The van der Waals surface area contributed by atoms with Gasteiger partial charge in [0.1, 0.15) is 6.54 Å². The van der Waals surface area contributed by atoms with Gasteiger partial charge < -0.3 is 14.0 Å². The predicted octanol–water partition coefficient (Wildman–Crippen LogP) is 3.86. The second-order valence-corrected chi connectivity index (χ2v) is 6.74. The van der Waals surface area contributed by atoms with Gasteiger partial charge in [-0.15, -0.1) is 0 Å². The van der Waals surface area contributed by atoms with Gasteiger partial charge in [-0.1, -0.05) is 36.4 Å². The molecular formula is C23H23NO5. The summed E-state index contributed by atoms with van der Waals surface area (Å²) in [6.45, 7) is 5.14. The lowest BCUT2D eigenvalue weighted by molar-refractivity contribution is -0.143. The smallest absolute Gasteiger partial charge is 0.339 e. The van der Waals surface area contributed by atoms with Crippen LogP contribution in [0, 0.1) is 13.8 Å². The molecule has 0 aliphatic rings. The molecule has 0 fully saturated rings. The summed E-state index contributed by atoms with van der Waals surface area (Å²) in [7, 11) is 0. The molecule has 0 atom stereocenters. The topological polar surface area (TPSA) is 74.6 Å². The molecular weight excluding hydrogens is 370 g/mol. The number of hydrogen-bond donors (Lipinski definition) is 0. The van der Waals surface area contributed by atoms with Crippen LogP contribution in [0.5, 0.6) is 0 Å². The van der Waals surface area contributed by atoms with Crippen molar-refractivity contribution in [3.05, 3.63) is 71.0 Å². The van der Waals surface area contributed by atoms with E-state index >= 15 is 0 Å². The quantitative estimate of drug-likeness (QED) is 0.450. The van der Waals surface area contributed by atoms with Crippen LogP contribution in [0.3, 0.4) is 0 Å². The largest absolute Gasteiger partial charge is 0.462 e. The fourth-order valence-electron chi connectivity index (χ4n) is 3.23. The molecule has 0 amide bonds. The summed E-state index contributed by atoms with van der Waals surface area (Å²) in [5.74, 6) is -1.24. The van der Waals surface area contributed by atoms with Gasteiger partial charge in [0, 0.05) is 17.0 Å². The zero-order valence-electron chi connectivity index (χ0n) is 16.7. The van der Waals surface area contributed by atoms with Crippen LogP contribution in [0.25, 0.3) is 10.8 Å². The molecule has 0 saturated heterocycles. The number of rotatable bonds is 7. The fraction of sp³-hybridized carbons (Fsp3) is 0.261. The molecule has 0 spiro atoms. The van der Waals surface area contributed by atoms with Gasteiger partial charge in [-0.3, -0.25) is 9.59 Å². The summed E-state index contributed by atoms with van der Waals surface area (Å²) in [6.07, 6.45) is 0. The second kappa shape index (κ2) is 8.73. The zero-order chi connectivity index (χ0) is 21.0. The number of carbonyl (C=O) groups is 3. The highest BCUT2D eigenvalue weighted by Crippen LogP contribution is 2.18. The van der Waals surface area contributed by atoms with E-state index in [1.807, 2.05) is 30.3 Å². The van der Waals surface area contributed by atoms with E-state index in [4.69, 9.17) is 9.47 Å². The number of aromatic nitrogens is 1. The lowest BCUT2D eigenvalue weighted by atomic mass is 10.0. The molecule has 0 radical (unpaired) electrons. The third-order valence-corrected chi connectivity index (χ3v) is 4.79. The van der Waals surface area contributed by atoms with Crippen LogP contribution in [0.15, 0.2) is 48.5 Å². The molecule has 6 heteroatoms. The standard InChI is InChI=1S/C23H23NO5/c1-4-28-23(27)20-11-15(2)24(16(20)3)13-22(26)29-14-21(25)19-10-9-17-7-5-6-8-18(17)12-19/h5-12H,4,13-14H2,1-3H3. The monoisotopic (exact) mass is 393 g/mol. The highest BCUT2D eigenvalue weighted by Gasteiger charge is 2.19. The van der Waals surface area contributed by atoms with Gasteiger partial charge in [0.15, 0.2) is 12.4 Å². The Kier molecular flexibility index (Phi) is 6.12. The number of ketones is 1. The molecule has 29 heavy (non-hydrogen) atoms. The van der Waals surface area contributed by atoms with Gasteiger partial charge in [0.2, 0.25) is 0 Å². The normalized spacial score (nSPS) is 10.7. The first-order valence-electron chi connectivity index (χ1n) is 9.42. The van der Waals surface area contributed by atoms with Crippen LogP contribution in [-0.2, 0) is 20.8 Å². The third kappa shape index (κ3) is 4.54. The summed E-state index contributed by atoms with van der Waals surface area (Å²) in [5, 5.41) is 1.99. The van der Waals surface area contributed by atoms with Gasteiger partial charge in [0.25, 0.3) is 0 Å². The zero-order valence-corrected chi connectivity index (χ0v) is 16.7. The van der Waals surface area contributed by atoms with Crippen LogP contribution < -0.4 is 0 Å². The molecule has 0 N–H and O–H groups in total. The number of hydrogen-bond acceptors (Lipinski definition) is 5. The maximum absolute atomic E-state index is 12.4. The molecule has 0 aliphatic carbocycles. The number of Topliss-reactive ketones (excluding diaryl/α,β-unsaturated/α-hetero) is 1. The van der Waals surface area contributed by atoms with Crippen molar-refractivity contribution >= 4 is 28.5 Å². The van der Waals surface area contributed by atoms with Crippen LogP contribution in [0.4, 0.5) is 0 Å². The number of aryl methyl sites for hydroxylation is 1. The molecule has 0 bridgehead atoms. The second-order valence-electron chi connectivity index (χ2n) is 6.74. The summed E-state index contributed by atoms with van der Waals surface area (Å²) in [6, 6.07) is 14.8. The van der Waals surface area contributed by atoms with Crippen molar-refractivity contribution in [3.8, 4) is 0 Å². The Morgan fingerprint density at radius 3 is 2.38 bits per heavy atom. The van der Waals surface area contributed by atoms with E-state index in [1.54, 1.807) is 43.5 Å². The SMILES string of the molecule is CCOC(=O)c1cc(C)n(CC(=O)OCC(=O)c2ccc3ccccc3c2)c1C. The van der Waals surface area contributed by atoms with Crippen molar-refractivity contribution in [3.63, 3.8) is 0 Å². The summed E-state index contributed by atoms with van der Waals surface area (Å²) < 4.78 is 11.9. The van der Waals surface area contributed by atoms with Crippen molar-refractivity contribution in [2.75, 3.05) is 13.2 Å². The molecule has 1 heterocycles. The van der Waals surface area contributed by atoms with E-state index in [1.165, 1.54) is 0 Å². The molecule has 150 valence electrons. The maximum Gasteiger partial charge on any atom is 0.339 e. The average Bonchev–Trinajstić information content (AvgIpc) is 3.00.